The average molecular weight is 222 g/mol. The van der Waals surface area contributed by atoms with Crippen LogP contribution in [0.2, 0.25) is 0 Å². The molecule has 2 unspecified atom stereocenters. The van der Waals surface area contributed by atoms with E-state index in [4.69, 9.17) is 5.26 Å². The van der Waals surface area contributed by atoms with Gasteiger partial charge in [-0.1, -0.05) is 20.8 Å². The highest BCUT2D eigenvalue weighted by Crippen LogP contribution is 2.26. The van der Waals surface area contributed by atoms with E-state index in [-0.39, 0.29) is 18.0 Å². The normalized spacial score (nSPS) is 16.9. The Morgan fingerprint density at radius 1 is 1.27 bits per heavy atom. The summed E-state index contributed by atoms with van der Waals surface area (Å²) in [5.74, 6) is -1.93. The van der Waals surface area contributed by atoms with Crippen LogP contribution in [0.15, 0.2) is 0 Å². The highest BCUT2D eigenvalue weighted by molar-refractivity contribution is 4.91. The number of rotatable bonds is 3. The number of hydrogen-bond donors (Lipinski definition) is 1. The van der Waals surface area contributed by atoms with Crippen LogP contribution < -0.4 is 5.32 Å². The first-order valence-corrected chi connectivity index (χ1v) is 4.78. The van der Waals surface area contributed by atoms with Gasteiger partial charge in [0.25, 0.3) is 0 Å². The number of nitrogens with one attached hydrogen (secondary N) is 1. The molecular formula is C10H17F3N2. The molecule has 0 aromatic carbocycles. The van der Waals surface area contributed by atoms with E-state index in [1.54, 1.807) is 0 Å². The van der Waals surface area contributed by atoms with E-state index < -0.39 is 12.1 Å². The van der Waals surface area contributed by atoms with Crippen molar-refractivity contribution in [1.29, 1.82) is 5.26 Å². The van der Waals surface area contributed by atoms with Crippen LogP contribution in [-0.4, -0.2) is 18.8 Å². The van der Waals surface area contributed by atoms with Crippen LogP contribution in [0.1, 0.15) is 27.7 Å². The summed E-state index contributed by atoms with van der Waals surface area (Å²) in [6.07, 6.45) is -4.45. The summed E-state index contributed by atoms with van der Waals surface area (Å²) in [7, 11) is 0. The molecule has 0 aromatic rings. The number of nitriles is 1. The summed E-state index contributed by atoms with van der Waals surface area (Å²) in [4.78, 5) is 0. The predicted octanol–water partition coefficient (Wildman–Crippen LogP) is 2.71. The number of hydrogen-bond acceptors (Lipinski definition) is 2. The van der Waals surface area contributed by atoms with E-state index >= 15 is 0 Å². The molecule has 2 nitrogen and oxygen atoms in total. The molecule has 1 N–H and O–H groups in total. The zero-order valence-electron chi connectivity index (χ0n) is 9.44. The van der Waals surface area contributed by atoms with Crippen molar-refractivity contribution >= 4 is 0 Å². The molecule has 0 saturated heterocycles. The van der Waals surface area contributed by atoms with Gasteiger partial charge in [-0.15, -0.1) is 0 Å². The van der Waals surface area contributed by atoms with Crippen molar-refractivity contribution in [1.82, 2.24) is 5.32 Å². The molecule has 0 amide bonds. The van der Waals surface area contributed by atoms with Gasteiger partial charge >= 0.3 is 6.18 Å². The highest BCUT2D eigenvalue weighted by Gasteiger charge is 2.40. The molecule has 15 heavy (non-hydrogen) atoms. The first-order valence-electron chi connectivity index (χ1n) is 4.78. The zero-order valence-corrected chi connectivity index (χ0v) is 9.44. The van der Waals surface area contributed by atoms with E-state index in [1.807, 2.05) is 27.7 Å². The number of nitrogens with zero attached hydrogens (tertiary/aromatic N) is 1. The predicted molar refractivity (Wildman–Crippen MR) is 52.1 cm³/mol. The van der Waals surface area contributed by atoms with Crippen molar-refractivity contribution in [2.45, 2.75) is 39.9 Å². The van der Waals surface area contributed by atoms with Gasteiger partial charge in [0.2, 0.25) is 0 Å². The molecule has 88 valence electrons. The summed E-state index contributed by atoms with van der Waals surface area (Å²) < 4.78 is 36.6. The van der Waals surface area contributed by atoms with Gasteiger partial charge < -0.3 is 5.32 Å². The lowest BCUT2D eigenvalue weighted by atomic mass is 9.88. The SMILES string of the molecule is CC(NCC(C#N)C(F)(F)F)C(C)(C)C. The largest absolute Gasteiger partial charge is 0.405 e. The minimum Gasteiger partial charge on any atom is -0.312 e. The molecule has 0 aliphatic heterocycles. The lowest BCUT2D eigenvalue weighted by Gasteiger charge is -2.29. The first-order chi connectivity index (χ1) is 6.59. The average Bonchev–Trinajstić information content (AvgIpc) is 2.00. The van der Waals surface area contributed by atoms with Gasteiger partial charge in [-0.3, -0.25) is 0 Å². The molecule has 0 aliphatic rings. The Hall–Kier alpha value is -0.760. The lowest BCUT2D eigenvalue weighted by molar-refractivity contribution is -0.158. The Bertz CT molecular complexity index is 235. The van der Waals surface area contributed by atoms with Gasteiger partial charge in [0.05, 0.1) is 6.07 Å². The summed E-state index contributed by atoms with van der Waals surface area (Å²) in [6.45, 7) is 7.25. The van der Waals surface area contributed by atoms with Crippen molar-refractivity contribution in [2.24, 2.45) is 11.3 Å². The van der Waals surface area contributed by atoms with Gasteiger partial charge in [0.15, 0.2) is 5.92 Å². The van der Waals surface area contributed by atoms with Crippen LogP contribution in [0.3, 0.4) is 0 Å². The third-order valence-corrected chi connectivity index (χ3v) is 2.48. The number of halogens is 3. The topological polar surface area (TPSA) is 35.8 Å². The molecule has 5 heteroatoms. The quantitative estimate of drug-likeness (QED) is 0.797. The Labute approximate surface area is 88.5 Å². The second-order valence-corrected chi connectivity index (χ2v) is 4.72. The fourth-order valence-electron chi connectivity index (χ4n) is 0.835. The second-order valence-electron chi connectivity index (χ2n) is 4.72. The van der Waals surface area contributed by atoms with Crippen LogP contribution in [-0.2, 0) is 0 Å². The molecule has 0 rings (SSSR count). The lowest BCUT2D eigenvalue weighted by Crippen LogP contribution is -2.42. The van der Waals surface area contributed by atoms with Crippen LogP contribution in [0.4, 0.5) is 13.2 Å². The smallest absolute Gasteiger partial charge is 0.312 e. The molecule has 0 bridgehead atoms. The van der Waals surface area contributed by atoms with Crippen LogP contribution in [0.25, 0.3) is 0 Å². The van der Waals surface area contributed by atoms with Crippen LogP contribution >= 0.6 is 0 Å². The highest BCUT2D eigenvalue weighted by atomic mass is 19.4. The van der Waals surface area contributed by atoms with Crippen LogP contribution in [0.5, 0.6) is 0 Å². The van der Waals surface area contributed by atoms with E-state index in [1.165, 1.54) is 6.07 Å². The fraction of sp³-hybridized carbons (Fsp3) is 0.900. The minimum absolute atomic E-state index is 0.0734. The van der Waals surface area contributed by atoms with E-state index in [9.17, 15) is 13.2 Å². The summed E-state index contributed by atoms with van der Waals surface area (Å²) >= 11 is 0. The Balaban J connectivity index is 4.22. The van der Waals surface area contributed by atoms with Crippen molar-refractivity contribution in [2.75, 3.05) is 6.54 Å². The zero-order chi connectivity index (χ0) is 12.3. The Morgan fingerprint density at radius 2 is 1.73 bits per heavy atom. The maximum Gasteiger partial charge on any atom is 0.405 e. The van der Waals surface area contributed by atoms with Crippen molar-refractivity contribution in [3.8, 4) is 6.07 Å². The van der Waals surface area contributed by atoms with Crippen molar-refractivity contribution in [3.05, 3.63) is 0 Å². The standard InChI is InChI=1S/C10H17F3N2/c1-7(9(2,3)4)15-6-8(5-14)10(11,12)13/h7-8,15H,6H2,1-4H3. The van der Waals surface area contributed by atoms with Gasteiger partial charge in [0, 0.05) is 12.6 Å². The summed E-state index contributed by atoms with van der Waals surface area (Å²) in [5.41, 5.74) is -0.119. The summed E-state index contributed by atoms with van der Waals surface area (Å²) in [6, 6.07) is 1.19. The molecule has 0 aliphatic carbocycles. The molecule has 0 spiro atoms. The van der Waals surface area contributed by atoms with Gasteiger partial charge in [-0.05, 0) is 12.3 Å². The van der Waals surface area contributed by atoms with Gasteiger partial charge in [0.1, 0.15) is 0 Å². The molecule has 0 fully saturated rings. The fourth-order valence-corrected chi connectivity index (χ4v) is 0.835. The molecule has 0 radical (unpaired) electrons. The third kappa shape index (κ3) is 5.03. The van der Waals surface area contributed by atoms with Crippen molar-refractivity contribution < 1.29 is 13.2 Å². The summed E-state index contributed by atoms with van der Waals surface area (Å²) in [5, 5.41) is 11.1. The Morgan fingerprint density at radius 3 is 2.00 bits per heavy atom. The molecule has 0 aromatic heterocycles. The van der Waals surface area contributed by atoms with E-state index in [2.05, 4.69) is 5.32 Å². The van der Waals surface area contributed by atoms with Gasteiger partial charge in [-0.2, -0.15) is 18.4 Å². The second kappa shape index (κ2) is 4.84. The third-order valence-electron chi connectivity index (χ3n) is 2.48. The minimum atomic E-state index is -4.45. The molecular weight excluding hydrogens is 205 g/mol. The molecule has 0 heterocycles. The van der Waals surface area contributed by atoms with Crippen LogP contribution in [0, 0.1) is 22.7 Å². The Kier molecular flexibility index (Phi) is 4.60. The van der Waals surface area contributed by atoms with E-state index in [0.717, 1.165) is 0 Å². The first kappa shape index (κ1) is 14.2. The monoisotopic (exact) mass is 222 g/mol. The molecule has 2 atom stereocenters. The van der Waals surface area contributed by atoms with Crippen molar-refractivity contribution in [3.63, 3.8) is 0 Å². The maximum atomic E-state index is 12.2. The molecule has 0 saturated carbocycles. The maximum absolute atomic E-state index is 12.2. The van der Waals surface area contributed by atoms with Gasteiger partial charge in [-0.25, -0.2) is 0 Å². The van der Waals surface area contributed by atoms with E-state index in [0.29, 0.717) is 0 Å². The number of alkyl halides is 3.